The van der Waals surface area contributed by atoms with Crippen molar-refractivity contribution >= 4 is 28.4 Å². The molecule has 2 amide bonds. The molecule has 0 saturated carbocycles. The molecule has 6 rings (SSSR count). The second-order valence-corrected chi connectivity index (χ2v) is 9.58. The van der Waals surface area contributed by atoms with Crippen molar-refractivity contribution in [3.63, 3.8) is 0 Å². The van der Waals surface area contributed by atoms with Gasteiger partial charge in [-0.2, -0.15) is 0 Å². The van der Waals surface area contributed by atoms with Crippen molar-refractivity contribution in [2.45, 2.75) is 32.0 Å². The van der Waals surface area contributed by atoms with Crippen molar-refractivity contribution in [3.8, 4) is 0 Å². The normalized spacial score (nSPS) is 27.5. The Morgan fingerprint density at radius 2 is 2.09 bits per heavy atom. The lowest BCUT2D eigenvalue weighted by atomic mass is 9.76. The van der Waals surface area contributed by atoms with Crippen molar-refractivity contribution in [3.05, 3.63) is 77.5 Å². The molecule has 33 heavy (non-hydrogen) atoms. The van der Waals surface area contributed by atoms with Gasteiger partial charge in [0.15, 0.2) is 0 Å². The summed E-state index contributed by atoms with van der Waals surface area (Å²) in [6.07, 6.45) is 6.39. The zero-order valence-electron chi connectivity index (χ0n) is 18.8. The molecule has 2 saturated heterocycles. The number of fused-ring (bicyclic) bond motifs is 2. The largest absolute Gasteiger partial charge is 0.361 e. The Hall–Kier alpha value is -3.38. The number of carbonyl (C=O) groups excluding carboxylic acids is 2. The number of aromatic nitrogens is 1. The van der Waals surface area contributed by atoms with Crippen LogP contribution in [0.1, 0.15) is 16.7 Å². The number of aromatic amines is 1. The first kappa shape index (κ1) is 20.2. The Morgan fingerprint density at radius 1 is 1.24 bits per heavy atom. The van der Waals surface area contributed by atoms with Gasteiger partial charge in [-0.15, -0.1) is 0 Å². The standard InChI is InChI=1S/C27H27N3O3/c1-16-7-8-17(2)21(13-16)29-25(31)23-22-9-11-27(33-22)15-30(26(32)24(23)27)12-10-18-14-28-20-6-4-3-5-19(18)20/h3-9,11,13-14,22-24,28H,10,12,15H2,1-2H3,(H,29,31)/t22-,23?,24?,27?/m1/s1. The van der Waals surface area contributed by atoms with Crippen LogP contribution < -0.4 is 5.32 Å². The molecular formula is C27H27N3O3. The minimum atomic E-state index is -0.689. The molecular weight excluding hydrogens is 414 g/mol. The van der Waals surface area contributed by atoms with Gasteiger partial charge >= 0.3 is 0 Å². The average molecular weight is 442 g/mol. The van der Waals surface area contributed by atoms with Crippen molar-refractivity contribution in [2.75, 3.05) is 18.4 Å². The Labute approximate surface area is 192 Å². The van der Waals surface area contributed by atoms with Gasteiger partial charge in [-0.05, 0) is 49.1 Å². The molecule has 0 aliphatic carbocycles. The van der Waals surface area contributed by atoms with E-state index in [0.717, 1.165) is 28.8 Å². The molecule has 2 bridgehead atoms. The lowest BCUT2D eigenvalue weighted by Gasteiger charge is -2.24. The SMILES string of the molecule is Cc1ccc(C)c(NC(=O)C2C3C(=O)N(CCc4c[nH]c5ccccc45)CC34C=C[C@H]2O4)c1. The minimum absolute atomic E-state index is 0.0165. The second kappa shape index (κ2) is 7.32. The highest BCUT2D eigenvalue weighted by atomic mass is 16.5. The molecule has 6 heteroatoms. The number of H-pyrrole nitrogens is 1. The molecule has 2 aromatic carbocycles. The van der Waals surface area contributed by atoms with Gasteiger partial charge in [0.2, 0.25) is 11.8 Å². The highest BCUT2D eigenvalue weighted by Crippen LogP contribution is 2.52. The molecule has 1 spiro atoms. The van der Waals surface area contributed by atoms with E-state index in [4.69, 9.17) is 4.74 Å². The Morgan fingerprint density at radius 3 is 2.97 bits per heavy atom. The lowest BCUT2D eigenvalue weighted by molar-refractivity contribution is -0.135. The van der Waals surface area contributed by atoms with Crippen molar-refractivity contribution in [1.29, 1.82) is 0 Å². The zero-order chi connectivity index (χ0) is 22.7. The Balaban J connectivity index is 1.21. The Kier molecular flexibility index (Phi) is 4.49. The third-order valence-corrected chi connectivity index (χ3v) is 7.46. The number of anilines is 1. The Bertz CT molecular complexity index is 1310. The summed E-state index contributed by atoms with van der Waals surface area (Å²) in [4.78, 5) is 32.0. The monoisotopic (exact) mass is 441 g/mol. The number of para-hydroxylation sites is 1. The van der Waals surface area contributed by atoms with Crippen LogP contribution >= 0.6 is 0 Å². The van der Waals surface area contributed by atoms with Crippen LogP contribution in [-0.2, 0) is 20.7 Å². The van der Waals surface area contributed by atoms with Crippen LogP contribution in [0.3, 0.4) is 0 Å². The molecule has 3 unspecified atom stereocenters. The first-order valence-electron chi connectivity index (χ1n) is 11.5. The van der Waals surface area contributed by atoms with Gasteiger partial charge < -0.3 is 19.9 Å². The summed E-state index contributed by atoms with van der Waals surface area (Å²) < 4.78 is 6.28. The number of nitrogens with one attached hydrogen (secondary N) is 2. The van der Waals surface area contributed by atoms with E-state index in [1.165, 1.54) is 10.9 Å². The van der Waals surface area contributed by atoms with Gasteiger partial charge in [0, 0.05) is 29.3 Å². The molecule has 3 aliphatic rings. The van der Waals surface area contributed by atoms with E-state index >= 15 is 0 Å². The third kappa shape index (κ3) is 3.12. The van der Waals surface area contributed by atoms with E-state index in [0.29, 0.717) is 13.1 Å². The first-order chi connectivity index (χ1) is 15.9. The summed E-state index contributed by atoms with van der Waals surface area (Å²) in [5.74, 6) is -1.11. The van der Waals surface area contributed by atoms with E-state index in [1.807, 2.05) is 67.4 Å². The number of carbonyl (C=O) groups is 2. The predicted octanol–water partition coefficient (Wildman–Crippen LogP) is 3.75. The molecule has 4 heterocycles. The molecule has 1 aromatic heterocycles. The van der Waals surface area contributed by atoms with Crippen LogP contribution in [0.5, 0.6) is 0 Å². The summed E-state index contributed by atoms with van der Waals surface area (Å²) >= 11 is 0. The topological polar surface area (TPSA) is 74.4 Å². The number of aryl methyl sites for hydroxylation is 2. The van der Waals surface area contributed by atoms with Gasteiger partial charge in [-0.25, -0.2) is 0 Å². The minimum Gasteiger partial charge on any atom is -0.361 e. The predicted molar refractivity (Wildman–Crippen MR) is 127 cm³/mol. The number of hydrogen-bond donors (Lipinski definition) is 2. The maximum Gasteiger partial charge on any atom is 0.231 e. The third-order valence-electron chi connectivity index (χ3n) is 7.46. The summed E-state index contributed by atoms with van der Waals surface area (Å²) in [6, 6.07) is 14.2. The first-order valence-corrected chi connectivity index (χ1v) is 11.5. The van der Waals surface area contributed by atoms with E-state index < -0.39 is 17.4 Å². The van der Waals surface area contributed by atoms with Gasteiger partial charge in [0.05, 0.1) is 24.5 Å². The van der Waals surface area contributed by atoms with E-state index in [9.17, 15) is 9.59 Å². The summed E-state index contributed by atoms with van der Waals surface area (Å²) in [6.45, 7) is 5.08. The fourth-order valence-electron chi connectivity index (χ4n) is 5.75. The highest BCUT2D eigenvalue weighted by Gasteiger charge is 2.66. The molecule has 168 valence electrons. The maximum absolute atomic E-state index is 13.5. The molecule has 4 atom stereocenters. The van der Waals surface area contributed by atoms with Crippen LogP contribution in [-0.4, -0.2) is 46.5 Å². The molecule has 6 nitrogen and oxygen atoms in total. The smallest absolute Gasteiger partial charge is 0.231 e. The van der Waals surface area contributed by atoms with Gasteiger partial charge in [-0.1, -0.05) is 42.5 Å². The quantitative estimate of drug-likeness (QED) is 0.593. The number of likely N-dealkylation sites (tertiary alicyclic amines) is 1. The molecule has 3 aliphatic heterocycles. The van der Waals surface area contributed by atoms with Crippen LogP contribution in [0.25, 0.3) is 10.9 Å². The molecule has 2 fully saturated rings. The highest BCUT2D eigenvalue weighted by molar-refractivity contribution is 5.99. The van der Waals surface area contributed by atoms with Crippen LogP contribution in [0, 0.1) is 25.7 Å². The lowest BCUT2D eigenvalue weighted by Crippen LogP contribution is -2.41. The number of nitrogens with zero attached hydrogens (tertiary/aromatic N) is 1. The number of rotatable bonds is 5. The zero-order valence-corrected chi connectivity index (χ0v) is 18.8. The average Bonchev–Trinajstić information content (AvgIpc) is 3.54. The van der Waals surface area contributed by atoms with E-state index in [-0.39, 0.29) is 17.9 Å². The fourth-order valence-corrected chi connectivity index (χ4v) is 5.75. The van der Waals surface area contributed by atoms with Gasteiger partial charge in [0.1, 0.15) is 5.60 Å². The van der Waals surface area contributed by atoms with Gasteiger partial charge in [0.25, 0.3) is 0 Å². The second-order valence-electron chi connectivity index (χ2n) is 9.58. The van der Waals surface area contributed by atoms with Gasteiger partial charge in [-0.3, -0.25) is 9.59 Å². The number of amides is 2. The van der Waals surface area contributed by atoms with Crippen molar-refractivity contribution < 1.29 is 14.3 Å². The summed E-state index contributed by atoms with van der Waals surface area (Å²) in [5, 5.41) is 4.25. The number of hydrogen-bond acceptors (Lipinski definition) is 3. The van der Waals surface area contributed by atoms with Crippen LogP contribution in [0.2, 0.25) is 0 Å². The van der Waals surface area contributed by atoms with E-state index in [2.05, 4.69) is 22.4 Å². The maximum atomic E-state index is 13.5. The van der Waals surface area contributed by atoms with Crippen molar-refractivity contribution in [1.82, 2.24) is 9.88 Å². The molecule has 3 aromatic rings. The fraction of sp³-hybridized carbons (Fsp3) is 0.333. The summed E-state index contributed by atoms with van der Waals surface area (Å²) in [7, 11) is 0. The number of benzene rings is 2. The van der Waals surface area contributed by atoms with Crippen molar-refractivity contribution in [2.24, 2.45) is 11.8 Å². The van der Waals surface area contributed by atoms with Crippen LogP contribution in [0.15, 0.2) is 60.8 Å². The molecule has 2 N–H and O–H groups in total. The van der Waals surface area contributed by atoms with E-state index in [1.54, 1.807) is 0 Å². The van der Waals surface area contributed by atoms with Crippen LogP contribution in [0.4, 0.5) is 5.69 Å². The molecule has 0 radical (unpaired) electrons. The summed E-state index contributed by atoms with van der Waals surface area (Å²) in [5.41, 5.74) is 4.48. The number of ether oxygens (including phenoxy) is 1.